The Hall–Kier alpha value is -0.870. The van der Waals surface area contributed by atoms with Crippen molar-refractivity contribution >= 4 is 17.3 Å². The summed E-state index contributed by atoms with van der Waals surface area (Å²) in [6, 6.07) is 1.76. The van der Waals surface area contributed by atoms with E-state index in [0.29, 0.717) is 5.15 Å². The van der Waals surface area contributed by atoms with Gasteiger partial charge < -0.3 is 10.2 Å². The van der Waals surface area contributed by atoms with Crippen molar-refractivity contribution in [2.45, 2.75) is 6.92 Å². The fourth-order valence-corrected chi connectivity index (χ4v) is 1.15. The van der Waals surface area contributed by atoms with Crippen LogP contribution >= 0.6 is 11.6 Å². The summed E-state index contributed by atoms with van der Waals surface area (Å²) < 4.78 is 0. The third-order valence-electron chi connectivity index (χ3n) is 1.99. The van der Waals surface area contributed by atoms with Crippen molar-refractivity contribution in [1.82, 2.24) is 15.1 Å². The second-order valence-electron chi connectivity index (χ2n) is 3.09. The normalized spacial score (nSPS) is 10.6. The average molecular weight is 215 g/mol. The predicted molar refractivity (Wildman–Crippen MR) is 58.7 cm³/mol. The van der Waals surface area contributed by atoms with Crippen molar-refractivity contribution in [3.8, 4) is 0 Å². The van der Waals surface area contributed by atoms with Gasteiger partial charge in [-0.05, 0) is 13.6 Å². The van der Waals surface area contributed by atoms with E-state index in [0.717, 1.165) is 25.3 Å². The van der Waals surface area contributed by atoms with Crippen molar-refractivity contribution in [3.63, 3.8) is 0 Å². The summed E-state index contributed by atoms with van der Waals surface area (Å²) in [6.45, 7) is 5.06. The Morgan fingerprint density at radius 1 is 1.57 bits per heavy atom. The third-order valence-corrected chi connectivity index (χ3v) is 2.17. The van der Waals surface area contributed by atoms with Crippen LogP contribution in [0.2, 0.25) is 5.15 Å². The molecule has 1 N–H and O–H groups in total. The molecule has 14 heavy (non-hydrogen) atoms. The molecule has 0 saturated carbocycles. The van der Waals surface area contributed by atoms with Crippen LogP contribution in [0.5, 0.6) is 0 Å². The van der Waals surface area contributed by atoms with Gasteiger partial charge in [-0.1, -0.05) is 18.5 Å². The summed E-state index contributed by atoms with van der Waals surface area (Å²) in [6.07, 6.45) is 1.66. The fraction of sp³-hybridized carbons (Fsp3) is 0.556. The van der Waals surface area contributed by atoms with Gasteiger partial charge in [-0.2, -0.15) is 5.10 Å². The van der Waals surface area contributed by atoms with Crippen LogP contribution in [0, 0.1) is 0 Å². The number of hydrogen-bond acceptors (Lipinski definition) is 4. The van der Waals surface area contributed by atoms with E-state index in [9.17, 15) is 0 Å². The molecule has 0 aliphatic carbocycles. The zero-order valence-electron chi connectivity index (χ0n) is 8.50. The highest BCUT2D eigenvalue weighted by Crippen LogP contribution is 2.09. The molecule has 1 heterocycles. The Morgan fingerprint density at radius 3 is 3.00 bits per heavy atom. The third kappa shape index (κ3) is 3.89. The van der Waals surface area contributed by atoms with Crippen LogP contribution < -0.4 is 5.32 Å². The van der Waals surface area contributed by atoms with E-state index in [4.69, 9.17) is 11.6 Å². The molecule has 0 fully saturated rings. The Morgan fingerprint density at radius 2 is 2.36 bits per heavy atom. The lowest BCUT2D eigenvalue weighted by Crippen LogP contribution is -2.24. The zero-order chi connectivity index (χ0) is 10.4. The molecule has 78 valence electrons. The van der Waals surface area contributed by atoms with Crippen molar-refractivity contribution < 1.29 is 0 Å². The Labute approximate surface area is 89.3 Å². The first-order valence-electron chi connectivity index (χ1n) is 4.63. The Bertz CT molecular complexity index is 279. The molecule has 0 radical (unpaired) electrons. The largest absolute Gasteiger partial charge is 0.382 e. The first-order chi connectivity index (χ1) is 6.72. The topological polar surface area (TPSA) is 41.0 Å². The van der Waals surface area contributed by atoms with Gasteiger partial charge in [0, 0.05) is 19.2 Å². The lowest BCUT2D eigenvalue weighted by Gasteiger charge is -2.14. The number of likely N-dealkylation sites (N-methyl/N-ethyl adjacent to an activating group) is 1. The second kappa shape index (κ2) is 5.78. The SMILES string of the molecule is CCN(C)CCNc1cnnc(Cl)c1. The number of hydrogen-bond donors (Lipinski definition) is 1. The maximum absolute atomic E-state index is 5.69. The molecule has 0 spiro atoms. The van der Waals surface area contributed by atoms with Crippen molar-refractivity contribution in [3.05, 3.63) is 17.4 Å². The molecule has 1 rings (SSSR count). The molecule has 0 aliphatic rings. The van der Waals surface area contributed by atoms with Crippen LogP contribution in [0.25, 0.3) is 0 Å². The van der Waals surface area contributed by atoms with Gasteiger partial charge in [0.2, 0.25) is 0 Å². The van der Waals surface area contributed by atoms with Crippen molar-refractivity contribution in [2.24, 2.45) is 0 Å². The molecule has 0 aromatic carbocycles. The van der Waals surface area contributed by atoms with Crippen LogP contribution in [0.3, 0.4) is 0 Å². The van der Waals surface area contributed by atoms with E-state index in [1.54, 1.807) is 12.3 Å². The molecular formula is C9H15ClN4. The van der Waals surface area contributed by atoms with Crippen LogP contribution in [0.15, 0.2) is 12.3 Å². The lowest BCUT2D eigenvalue weighted by atomic mass is 10.4. The quantitative estimate of drug-likeness (QED) is 0.807. The minimum absolute atomic E-state index is 0.416. The van der Waals surface area contributed by atoms with Gasteiger partial charge in [-0.15, -0.1) is 5.10 Å². The summed E-state index contributed by atoms with van der Waals surface area (Å²) in [4.78, 5) is 2.23. The highest BCUT2D eigenvalue weighted by atomic mass is 35.5. The van der Waals surface area contributed by atoms with Gasteiger partial charge in [0.05, 0.1) is 11.9 Å². The van der Waals surface area contributed by atoms with E-state index in [1.807, 2.05) is 0 Å². The van der Waals surface area contributed by atoms with Gasteiger partial charge in [0.25, 0.3) is 0 Å². The van der Waals surface area contributed by atoms with Gasteiger partial charge >= 0.3 is 0 Å². The molecule has 0 saturated heterocycles. The minimum atomic E-state index is 0.416. The van der Waals surface area contributed by atoms with E-state index in [-0.39, 0.29) is 0 Å². The van der Waals surface area contributed by atoms with E-state index in [2.05, 4.69) is 34.4 Å². The molecular weight excluding hydrogens is 200 g/mol. The average Bonchev–Trinajstić information content (AvgIpc) is 2.17. The fourth-order valence-electron chi connectivity index (χ4n) is 0.987. The van der Waals surface area contributed by atoms with Crippen LogP contribution in [0.4, 0.5) is 5.69 Å². The Balaban J connectivity index is 2.31. The molecule has 4 nitrogen and oxygen atoms in total. The molecule has 0 aliphatic heterocycles. The molecule has 0 amide bonds. The van der Waals surface area contributed by atoms with Crippen LogP contribution in [0.1, 0.15) is 6.92 Å². The number of nitrogens with zero attached hydrogens (tertiary/aromatic N) is 3. The number of aromatic nitrogens is 2. The second-order valence-corrected chi connectivity index (χ2v) is 3.48. The highest BCUT2D eigenvalue weighted by Gasteiger charge is 1.96. The van der Waals surface area contributed by atoms with Crippen LogP contribution in [-0.2, 0) is 0 Å². The summed E-state index contributed by atoms with van der Waals surface area (Å²) in [5, 5.41) is 11.0. The number of anilines is 1. The molecule has 1 aromatic rings. The van der Waals surface area contributed by atoms with Gasteiger partial charge in [-0.3, -0.25) is 0 Å². The van der Waals surface area contributed by atoms with Gasteiger partial charge in [0.1, 0.15) is 0 Å². The monoisotopic (exact) mass is 214 g/mol. The summed E-state index contributed by atoms with van der Waals surface area (Å²) in [5.41, 5.74) is 0.912. The number of nitrogens with one attached hydrogen (secondary N) is 1. The molecule has 0 unspecified atom stereocenters. The number of halogens is 1. The highest BCUT2D eigenvalue weighted by molar-refractivity contribution is 6.29. The lowest BCUT2D eigenvalue weighted by molar-refractivity contribution is 0.367. The Kier molecular flexibility index (Phi) is 4.62. The number of rotatable bonds is 5. The maximum atomic E-state index is 5.69. The van der Waals surface area contributed by atoms with Gasteiger partial charge in [-0.25, -0.2) is 0 Å². The van der Waals surface area contributed by atoms with Crippen molar-refractivity contribution in [2.75, 3.05) is 32.0 Å². The minimum Gasteiger partial charge on any atom is -0.382 e. The van der Waals surface area contributed by atoms with E-state index >= 15 is 0 Å². The predicted octanol–water partition coefficient (Wildman–Crippen LogP) is 1.49. The van der Waals surface area contributed by atoms with E-state index in [1.165, 1.54) is 0 Å². The summed E-state index contributed by atoms with van der Waals surface area (Å²) in [5.74, 6) is 0. The zero-order valence-corrected chi connectivity index (χ0v) is 9.25. The molecule has 0 atom stereocenters. The van der Waals surface area contributed by atoms with Crippen molar-refractivity contribution in [1.29, 1.82) is 0 Å². The summed E-state index contributed by atoms with van der Waals surface area (Å²) >= 11 is 5.69. The molecule has 0 bridgehead atoms. The first-order valence-corrected chi connectivity index (χ1v) is 5.01. The molecule has 1 aromatic heterocycles. The van der Waals surface area contributed by atoms with E-state index < -0.39 is 0 Å². The first kappa shape index (κ1) is 11.2. The molecule has 5 heteroatoms. The standard InChI is InChI=1S/C9H15ClN4/c1-3-14(2)5-4-11-8-6-9(10)13-12-7-8/h6-7H,3-5H2,1-2H3,(H,11,13). The van der Waals surface area contributed by atoms with Crippen LogP contribution in [-0.4, -0.2) is 41.8 Å². The maximum Gasteiger partial charge on any atom is 0.153 e. The summed E-state index contributed by atoms with van der Waals surface area (Å²) in [7, 11) is 2.08. The van der Waals surface area contributed by atoms with Gasteiger partial charge in [0.15, 0.2) is 5.15 Å². The smallest absolute Gasteiger partial charge is 0.153 e.